The first kappa shape index (κ1) is 10.1. The second-order valence-electron chi connectivity index (χ2n) is 3.38. The second-order valence-corrected chi connectivity index (χ2v) is 4.16. The van der Waals surface area contributed by atoms with Crippen molar-refractivity contribution in [1.82, 2.24) is 0 Å². The van der Waals surface area contributed by atoms with Crippen molar-refractivity contribution in [2.75, 3.05) is 6.61 Å². The minimum Gasteiger partial charge on any atom is -0.492 e. The Kier molecular flexibility index (Phi) is 2.86. The standard InChI is InChI=1S/C10H11Cl2NO/c11-7-4-3-6-8(13)2-1-5-14-10(6)9(7)12/h3-4,8H,1-2,5,13H2/t8-/m0/s1. The van der Waals surface area contributed by atoms with Gasteiger partial charge in [-0.2, -0.15) is 0 Å². The van der Waals surface area contributed by atoms with Crippen LogP contribution in [-0.4, -0.2) is 6.61 Å². The van der Waals surface area contributed by atoms with E-state index in [1.165, 1.54) is 0 Å². The average molecular weight is 232 g/mol. The van der Waals surface area contributed by atoms with E-state index in [1.54, 1.807) is 6.07 Å². The minimum absolute atomic E-state index is 0.00210. The van der Waals surface area contributed by atoms with Crippen LogP contribution in [0.3, 0.4) is 0 Å². The van der Waals surface area contributed by atoms with Gasteiger partial charge in [0, 0.05) is 11.6 Å². The molecule has 0 aliphatic carbocycles. The van der Waals surface area contributed by atoms with Gasteiger partial charge in [0.15, 0.2) is 0 Å². The van der Waals surface area contributed by atoms with Gasteiger partial charge in [-0.15, -0.1) is 0 Å². The van der Waals surface area contributed by atoms with Gasteiger partial charge in [0.2, 0.25) is 0 Å². The van der Waals surface area contributed by atoms with Crippen molar-refractivity contribution in [1.29, 1.82) is 0 Å². The highest BCUT2D eigenvalue weighted by atomic mass is 35.5. The first-order chi connectivity index (χ1) is 6.70. The zero-order valence-electron chi connectivity index (χ0n) is 7.59. The summed E-state index contributed by atoms with van der Waals surface area (Å²) in [7, 11) is 0. The molecule has 1 aliphatic rings. The summed E-state index contributed by atoms with van der Waals surface area (Å²) in [5.41, 5.74) is 6.94. The fourth-order valence-corrected chi connectivity index (χ4v) is 1.99. The van der Waals surface area contributed by atoms with Gasteiger partial charge in [-0.3, -0.25) is 0 Å². The normalized spacial score (nSPS) is 20.9. The average Bonchev–Trinajstić information content (AvgIpc) is 2.35. The number of nitrogens with two attached hydrogens (primary N) is 1. The molecule has 0 aromatic heterocycles. The predicted molar refractivity (Wildman–Crippen MR) is 58.1 cm³/mol. The van der Waals surface area contributed by atoms with Crippen molar-refractivity contribution in [2.45, 2.75) is 18.9 Å². The monoisotopic (exact) mass is 231 g/mol. The fraction of sp³-hybridized carbons (Fsp3) is 0.400. The molecule has 0 saturated carbocycles. The van der Waals surface area contributed by atoms with Crippen LogP contribution in [0.15, 0.2) is 12.1 Å². The van der Waals surface area contributed by atoms with Gasteiger partial charge < -0.3 is 10.5 Å². The van der Waals surface area contributed by atoms with Gasteiger partial charge in [-0.25, -0.2) is 0 Å². The summed E-state index contributed by atoms with van der Waals surface area (Å²) in [4.78, 5) is 0. The molecule has 76 valence electrons. The van der Waals surface area contributed by atoms with E-state index in [0.717, 1.165) is 18.4 Å². The van der Waals surface area contributed by atoms with E-state index in [4.69, 9.17) is 33.7 Å². The van der Waals surface area contributed by atoms with E-state index in [1.807, 2.05) is 6.07 Å². The van der Waals surface area contributed by atoms with E-state index in [0.29, 0.717) is 22.4 Å². The number of benzene rings is 1. The van der Waals surface area contributed by atoms with E-state index in [2.05, 4.69) is 0 Å². The third-order valence-corrected chi connectivity index (χ3v) is 3.17. The number of ether oxygens (including phenoxy) is 1. The van der Waals surface area contributed by atoms with Crippen molar-refractivity contribution in [3.05, 3.63) is 27.7 Å². The lowest BCUT2D eigenvalue weighted by Gasteiger charge is -2.13. The third-order valence-electron chi connectivity index (χ3n) is 2.39. The predicted octanol–water partition coefficient (Wildman–Crippen LogP) is 3.17. The van der Waals surface area contributed by atoms with Crippen molar-refractivity contribution >= 4 is 23.2 Å². The number of rotatable bonds is 0. The zero-order valence-corrected chi connectivity index (χ0v) is 9.11. The molecule has 1 aromatic carbocycles. The highest BCUT2D eigenvalue weighted by Crippen LogP contribution is 2.39. The molecule has 2 rings (SSSR count). The van der Waals surface area contributed by atoms with Crippen molar-refractivity contribution < 1.29 is 4.74 Å². The third kappa shape index (κ3) is 1.70. The van der Waals surface area contributed by atoms with Crippen LogP contribution in [0.2, 0.25) is 10.0 Å². The first-order valence-corrected chi connectivity index (χ1v) is 5.32. The van der Waals surface area contributed by atoms with E-state index in [9.17, 15) is 0 Å². The summed E-state index contributed by atoms with van der Waals surface area (Å²) in [6.45, 7) is 0.654. The van der Waals surface area contributed by atoms with Gasteiger partial charge in [0.1, 0.15) is 10.8 Å². The topological polar surface area (TPSA) is 35.2 Å². The molecule has 0 fully saturated rings. The fourth-order valence-electron chi connectivity index (χ4n) is 1.62. The van der Waals surface area contributed by atoms with E-state index < -0.39 is 0 Å². The van der Waals surface area contributed by atoms with Crippen LogP contribution in [0.25, 0.3) is 0 Å². The molecule has 0 saturated heterocycles. The Morgan fingerprint density at radius 3 is 2.93 bits per heavy atom. The van der Waals surface area contributed by atoms with Crippen molar-refractivity contribution in [3.8, 4) is 5.75 Å². The van der Waals surface area contributed by atoms with Gasteiger partial charge >= 0.3 is 0 Å². The van der Waals surface area contributed by atoms with Crippen LogP contribution in [-0.2, 0) is 0 Å². The van der Waals surface area contributed by atoms with Crippen LogP contribution in [0, 0.1) is 0 Å². The van der Waals surface area contributed by atoms with Crippen LogP contribution in [0.5, 0.6) is 5.75 Å². The molecule has 1 aliphatic heterocycles. The molecule has 0 radical (unpaired) electrons. The second kappa shape index (κ2) is 3.97. The Labute approximate surface area is 92.9 Å². The van der Waals surface area contributed by atoms with E-state index in [-0.39, 0.29) is 6.04 Å². The highest BCUT2D eigenvalue weighted by molar-refractivity contribution is 6.43. The smallest absolute Gasteiger partial charge is 0.144 e. The first-order valence-electron chi connectivity index (χ1n) is 4.56. The molecule has 1 atom stereocenters. The molecule has 0 unspecified atom stereocenters. The van der Waals surface area contributed by atoms with Gasteiger partial charge in [0.05, 0.1) is 11.6 Å². The molecule has 0 amide bonds. The number of hydrogen-bond acceptors (Lipinski definition) is 2. The SMILES string of the molecule is N[C@H]1CCCOc2c1ccc(Cl)c2Cl. The van der Waals surface area contributed by atoms with Crippen LogP contribution in [0.4, 0.5) is 0 Å². The molecule has 1 heterocycles. The largest absolute Gasteiger partial charge is 0.492 e. The summed E-state index contributed by atoms with van der Waals surface area (Å²) in [5, 5.41) is 0.987. The maximum atomic E-state index is 6.04. The molecular formula is C10H11Cl2NO. The Morgan fingerprint density at radius 2 is 2.14 bits per heavy atom. The number of halogens is 2. The number of hydrogen-bond donors (Lipinski definition) is 1. The lowest BCUT2D eigenvalue weighted by molar-refractivity contribution is 0.316. The molecule has 2 N–H and O–H groups in total. The minimum atomic E-state index is 0.00210. The van der Waals surface area contributed by atoms with E-state index >= 15 is 0 Å². The molecule has 4 heteroatoms. The Bertz CT molecular complexity index is 354. The quantitative estimate of drug-likeness (QED) is 0.745. The Morgan fingerprint density at radius 1 is 1.36 bits per heavy atom. The summed E-state index contributed by atoms with van der Waals surface area (Å²) in [6.07, 6.45) is 1.87. The number of fused-ring (bicyclic) bond motifs is 1. The highest BCUT2D eigenvalue weighted by Gasteiger charge is 2.20. The van der Waals surface area contributed by atoms with Gasteiger partial charge in [-0.05, 0) is 18.9 Å². The summed E-state index contributed by atoms with van der Waals surface area (Å²) >= 11 is 11.9. The summed E-state index contributed by atoms with van der Waals surface area (Å²) < 4.78 is 5.53. The Hall–Kier alpha value is -0.440. The van der Waals surface area contributed by atoms with Crippen LogP contribution >= 0.6 is 23.2 Å². The van der Waals surface area contributed by atoms with Crippen molar-refractivity contribution in [3.63, 3.8) is 0 Å². The lowest BCUT2D eigenvalue weighted by atomic mass is 10.0. The molecule has 1 aromatic rings. The summed E-state index contributed by atoms with van der Waals surface area (Å²) in [5.74, 6) is 0.657. The molecule has 2 nitrogen and oxygen atoms in total. The van der Waals surface area contributed by atoms with Gasteiger partial charge in [-0.1, -0.05) is 29.3 Å². The molecular weight excluding hydrogens is 221 g/mol. The zero-order chi connectivity index (χ0) is 10.1. The maximum Gasteiger partial charge on any atom is 0.144 e. The van der Waals surface area contributed by atoms with Crippen molar-refractivity contribution in [2.24, 2.45) is 5.73 Å². The van der Waals surface area contributed by atoms with Crippen LogP contribution < -0.4 is 10.5 Å². The molecule has 0 bridgehead atoms. The Balaban J connectivity index is 2.53. The van der Waals surface area contributed by atoms with Crippen LogP contribution in [0.1, 0.15) is 24.4 Å². The summed E-state index contributed by atoms with van der Waals surface area (Å²) in [6, 6.07) is 3.65. The maximum absolute atomic E-state index is 6.04. The molecule has 14 heavy (non-hydrogen) atoms. The lowest BCUT2D eigenvalue weighted by Crippen LogP contribution is -2.08. The molecule has 0 spiro atoms. The van der Waals surface area contributed by atoms with Gasteiger partial charge in [0.25, 0.3) is 0 Å².